The van der Waals surface area contributed by atoms with Crippen LogP contribution in [0.3, 0.4) is 0 Å². The van der Waals surface area contributed by atoms with Crippen molar-refractivity contribution in [1.82, 2.24) is 14.9 Å². The molecule has 32 heavy (non-hydrogen) atoms. The maximum Gasteiger partial charge on any atom is 0.408 e. The van der Waals surface area contributed by atoms with Crippen LogP contribution in [0.25, 0.3) is 16.5 Å². The van der Waals surface area contributed by atoms with E-state index in [1.807, 2.05) is 65.4 Å². The number of alkyl carbamates (subject to hydrolysis) is 1. The standard InChI is InChI=1S/C25H23N3O4/c1-31-24(29)23(27-25(30)32-16-18-7-3-2-4-8-18)14-21-15-28(17-26-21)22-12-11-19-9-5-6-10-20(19)13-22/h2-13,15,17,23H,14,16H2,1H3,(H,27,30)/t23-/m0/s1. The van der Waals surface area contributed by atoms with Crippen molar-refractivity contribution >= 4 is 22.8 Å². The number of hydrogen-bond donors (Lipinski definition) is 1. The molecule has 0 saturated carbocycles. The van der Waals surface area contributed by atoms with Gasteiger partial charge in [0.15, 0.2) is 0 Å². The van der Waals surface area contributed by atoms with Crippen LogP contribution in [0.2, 0.25) is 0 Å². The van der Waals surface area contributed by atoms with E-state index in [-0.39, 0.29) is 13.0 Å². The van der Waals surface area contributed by atoms with Gasteiger partial charge in [0.05, 0.1) is 19.1 Å². The topological polar surface area (TPSA) is 82.5 Å². The van der Waals surface area contributed by atoms with Gasteiger partial charge in [-0.15, -0.1) is 0 Å². The normalized spacial score (nSPS) is 11.7. The monoisotopic (exact) mass is 429 g/mol. The minimum Gasteiger partial charge on any atom is -0.467 e. The molecule has 3 aromatic carbocycles. The molecule has 0 aliphatic heterocycles. The summed E-state index contributed by atoms with van der Waals surface area (Å²) in [7, 11) is 1.28. The predicted molar refractivity (Wildman–Crippen MR) is 120 cm³/mol. The number of nitrogens with zero attached hydrogens (tertiary/aromatic N) is 2. The molecule has 0 unspecified atom stereocenters. The Labute approximate surface area is 185 Å². The number of methoxy groups -OCH3 is 1. The summed E-state index contributed by atoms with van der Waals surface area (Å²) in [5, 5.41) is 4.85. The molecule has 0 saturated heterocycles. The van der Waals surface area contributed by atoms with Crippen molar-refractivity contribution in [2.75, 3.05) is 7.11 Å². The van der Waals surface area contributed by atoms with Crippen molar-refractivity contribution in [3.8, 4) is 5.69 Å². The number of amides is 1. The Hall–Kier alpha value is -4.13. The van der Waals surface area contributed by atoms with Gasteiger partial charge in [-0.1, -0.05) is 60.7 Å². The van der Waals surface area contributed by atoms with Gasteiger partial charge in [0, 0.05) is 18.3 Å². The molecular formula is C25H23N3O4. The molecule has 0 bridgehead atoms. The maximum absolute atomic E-state index is 12.2. The zero-order valence-corrected chi connectivity index (χ0v) is 17.6. The predicted octanol–water partition coefficient (Wildman–Crippen LogP) is 4.04. The summed E-state index contributed by atoms with van der Waals surface area (Å²) in [4.78, 5) is 28.8. The van der Waals surface area contributed by atoms with Gasteiger partial charge < -0.3 is 19.4 Å². The van der Waals surface area contributed by atoms with Gasteiger partial charge in [-0.2, -0.15) is 0 Å². The number of nitrogens with one attached hydrogen (secondary N) is 1. The van der Waals surface area contributed by atoms with Crippen molar-refractivity contribution < 1.29 is 19.1 Å². The van der Waals surface area contributed by atoms with Gasteiger partial charge in [0.25, 0.3) is 0 Å². The van der Waals surface area contributed by atoms with Crippen LogP contribution in [0.15, 0.2) is 85.3 Å². The molecule has 1 amide bonds. The number of ether oxygens (including phenoxy) is 2. The van der Waals surface area contributed by atoms with E-state index in [4.69, 9.17) is 9.47 Å². The summed E-state index contributed by atoms with van der Waals surface area (Å²) in [5.74, 6) is -0.568. The highest BCUT2D eigenvalue weighted by Crippen LogP contribution is 2.19. The van der Waals surface area contributed by atoms with E-state index in [2.05, 4.69) is 28.5 Å². The van der Waals surface area contributed by atoms with Crippen molar-refractivity contribution in [3.63, 3.8) is 0 Å². The van der Waals surface area contributed by atoms with Gasteiger partial charge in [-0.05, 0) is 28.5 Å². The first-order chi connectivity index (χ1) is 15.6. The van der Waals surface area contributed by atoms with Crippen LogP contribution in [-0.2, 0) is 27.3 Å². The van der Waals surface area contributed by atoms with Gasteiger partial charge in [0.1, 0.15) is 12.6 Å². The van der Waals surface area contributed by atoms with Crippen LogP contribution in [0.4, 0.5) is 4.79 Å². The fourth-order valence-electron chi connectivity index (χ4n) is 3.40. The number of aromatic nitrogens is 2. The molecule has 1 aromatic heterocycles. The first-order valence-electron chi connectivity index (χ1n) is 10.2. The van der Waals surface area contributed by atoms with Crippen LogP contribution >= 0.6 is 0 Å². The fraction of sp³-hybridized carbons (Fsp3) is 0.160. The third-order valence-corrected chi connectivity index (χ3v) is 5.07. The molecule has 7 heteroatoms. The fourth-order valence-corrected chi connectivity index (χ4v) is 3.40. The molecule has 4 aromatic rings. The van der Waals surface area contributed by atoms with Crippen LogP contribution in [0.5, 0.6) is 0 Å². The lowest BCUT2D eigenvalue weighted by Gasteiger charge is -2.15. The number of imidazole rings is 1. The van der Waals surface area contributed by atoms with Crippen LogP contribution in [0.1, 0.15) is 11.3 Å². The first-order valence-corrected chi connectivity index (χ1v) is 10.2. The molecular weight excluding hydrogens is 406 g/mol. The zero-order valence-electron chi connectivity index (χ0n) is 17.6. The van der Waals surface area contributed by atoms with E-state index in [9.17, 15) is 9.59 Å². The minimum absolute atomic E-state index is 0.108. The highest BCUT2D eigenvalue weighted by Gasteiger charge is 2.24. The third kappa shape index (κ3) is 5.13. The summed E-state index contributed by atoms with van der Waals surface area (Å²) < 4.78 is 11.9. The molecule has 0 fully saturated rings. The highest BCUT2D eigenvalue weighted by molar-refractivity contribution is 5.84. The van der Waals surface area contributed by atoms with E-state index in [1.165, 1.54) is 7.11 Å². The maximum atomic E-state index is 12.2. The van der Waals surface area contributed by atoms with Gasteiger partial charge >= 0.3 is 12.1 Å². The molecule has 7 nitrogen and oxygen atoms in total. The molecule has 0 aliphatic rings. The molecule has 0 radical (unpaired) electrons. The Morgan fingerprint density at radius 2 is 1.75 bits per heavy atom. The quantitative estimate of drug-likeness (QED) is 0.449. The van der Waals surface area contributed by atoms with E-state index in [0.29, 0.717) is 5.69 Å². The zero-order chi connectivity index (χ0) is 22.3. The number of hydrogen-bond acceptors (Lipinski definition) is 5. The number of carbonyl (C=O) groups excluding carboxylic acids is 2. The number of benzene rings is 3. The van der Waals surface area contributed by atoms with Crippen molar-refractivity contribution in [1.29, 1.82) is 0 Å². The lowest BCUT2D eigenvalue weighted by atomic mass is 10.1. The van der Waals surface area contributed by atoms with Gasteiger partial charge in [0.2, 0.25) is 0 Å². The van der Waals surface area contributed by atoms with E-state index >= 15 is 0 Å². The third-order valence-electron chi connectivity index (χ3n) is 5.07. The molecule has 4 rings (SSSR count). The molecule has 1 N–H and O–H groups in total. The minimum atomic E-state index is -0.914. The summed E-state index contributed by atoms with van der Waals surface area (Å²) in [6.45, 7) is 0.108. The Bertz CT molecular complexity index is 1220. The van der Waals surface area contributed by atoms with E-state index in [0.717, 1.165) is 22.0 Å². The van der Waals surface area contributed by atoms with Crippen molar-refractivity contribution in [2.45, 2.75) is 19.1 Å². The molecule has 0 spiro atoms. The summed E-state index contributed by atoms with van der Waals surface area (Å²) >= 11 is 0. The average Bonchev–Trinajstić information content (AvgIpc) is 3.31. The summed E-state index contributed by atoms with van der Waals surface area (Å²) in [6, 6.07) is 22.6. The summed E-state index contributed by atoms with van der Waals surface area (Å²) in [6.07, 6.45) is 2.99. The number of fused-ring (bicyclic) bond motifs is 1. The molecule has 162 valence electrons. The Kier molecular flexibility index (Phi) is 6.46. The second-order valence-electron chi connectivity index (χ2n) is 7.29. The second-order valence-corrected chi connectivity index (χ2v) is 7.29. The molecule has 1 atom stereocenters. The average molecular weight is 429 g/mol. The molecule has 0 aliphatic carbocycles. The lowest BCUT2D eigenvalue weighted by Crippen LogP contribution is -2.43. The second kappa shape index (κ2) is 9.78. The Balaban J connectivity index is 1.43. The lowest BCUT2D eigenvalue weighted by molar-refractivity contribution is -0.143. The number of esters is 1. The van der Waals surface area contributed by atoms with Crippen LogP contribution in [0, 0.1) is 0 Å². The van der Waals surface area contributed by atoms with Gasteiger partial charge in [-0.3, -0.25) is 0 Å². The Morgan fingerprint density at radius 3 is 2.53 bits per heavy atom. The Morgan fingerprint density at radius 1 is 1.00 bits per heavy atom. The largest absolute Gasteiger partial charge is 0.467 e. The van der Waals surface area contributed by atoms with Crippen LogP contribution in [-0.4, -0.2) is 34.8 Å². The smallest absolute Gasteiger partial charge is 0.408 e. The number of carbonyl (C=O) groups is 2. The number of rotatable bonds is 7. The summed E-state index contributed by atoms with van der Waals surface area (Å²) in [5.41, 5.74) is 2.44. The van der Waals surface area contributed by atoms with E-state index < -0.39 is 18.1 Å². The highest BCUT2D eigenvalue weighted by atomic mass is 16.6. The first kappa shape index (κ1) is 21.1. The van der Waals surface area contributed by atoms with E-state index in [1.54, 1.807) is 6.33 Å². The van der Waals surface area contributed by atoms with Gasteiger partial charge in [-0.25, -0.2) is 14.6 Å². The van der Waals surface area contributed by atoms with Crippen molar-refractivity contribution in [2.24, 2.45) is 0 Å². The molecule has 1 heterocycles. The van der Waals surface area contributed by atoms with Crippen LogP contribution < -0.4 is 5.32 Å². The SMILES string of the molecule is COC(=O)[C@H](Cc1cn(-c2ccc3ccccc3c2)cn1)NC(=O)OCc1ccccc1. The van der Waals surface area contributed by atoms with Crippen molar-refractivity contribution in [3.05, 3.63) is 96.6 Å².